The predicted molar refractivity (Wildman–Crippen MR) is 118 cm³/mol. The first-order valence-electron chi connectivity index (χ1n) is 9.45. The minimum absolute atomic E-state index is 0.149. The summed E-state index contributed by atoms with van der Waals surface area (Å²) in [5.74, 6) is 1.76. The number of carbonyl (C=O) groups is 1. The minimum Gasteiger partial charge on any atom is -0.494 e. The molecule has 0 saturated carbocycles. The maximum absolute atomic E-state index is 13.4. The second-order valence-corrected chi connectivity index (χ2v) is 8.25. The molecule has 0 aliphatic carbocycles. The van der Waals surface area contributed by atoms with Crippen molar-refractivity contribution in [1.82, 2.24) is 14.5 Å². The van der Waals surface area contributed by atoms with Gasteiger partial charge in [-0.3, -0.25) is 9.69 Å². The fourth-order valence-corrected chi connectivity index (χ4v) is 4.60. The van der Waals surface area contributed by atoms with E-state index >= 15 is 0 Å². The molecule has 0 aliphatic heterocycles. The van der Waals surface area contributed by atoms with Gasteiger partial charge in [0.2, 0.25) is 0 Å². The molecule has 9 heteroatoms. The summed E-state index contributed by atoms with van der Waals surface area (Å²) < 4.78 is 13.8. The third-order valence-electron chi connectivity index (χ3n) is 4.77. The van der Waals surface area contributed by atoms with Crippen LogP contribution in [0.25, 0.3) is 10.2 Å². The Bertz CT molecular complexity index is 1180. The molecule has 7 nitrogen and oxygen atoms in total. The third-order valence-corrected chi connectivity index (χ3v) is 6.31. The molecule has 3 aromatic heterocycles. The van der Waals surface area contributed by atoms with Crippen LogP contribution < -0.4 is 9.64 Å². The Morgan fingerprint density at radius 2 is 2.20 bits per heavy atom. The molecule has 156 valence electrons. The zero-order valence-electron chi connectivity index (χ0n) is 16.9. The number of aryl methyl sites for hydroxylation is 3. The number of halogens is 1. The van der Waals surface area contributed by atoms with E-state index in [0.717, 1.165) is 17.7 Å². The number of aromatic nitrogens is 3. The van der Waals surface area contributed by atoms with Crippen molar-refractivity contribution in [2.45, 2.75) is 26.8 Å². The van der Waals surface area contributed by atoms with Gasteiger partial charge in [0.15, 0.2) is 5.13 Å². The molecule has 0 fully saturated rings. The fourth-order valence-electron chi connectivity index (χ4n) is 3.32. The monoisotopic (exact) mass is 444 g/mol. The van der Waals surface area contributed by atoms with Gasteiger partial charge in [-0.15, -0.1) is 0 Å². The Balaban J connectivity index is 1.70. The Kier molecular flexibility index (Phi) is 5.78. The Labute approximate surface area is 182 Å². The van der Waals surface area contributed by atoms with Gasteiger partial charge in [-0.2, -0.15) is 0 Å². The Morgan fingerprint density at radius 1 is 1.37 bits per heavy atom. The zero-order chi connectivity index (χ0) is 21.3. The summed E-state index contributed by atoms with van der Waals surface area (Å²) >= 11 is 7.76. The van der Waals surface area contributed by atoms with E-state index in [1.165, 1.54) is 11.3 Å². The van der Waals surface area contributed by atoms with Crippen molar-refractivity contribution < 1.29 is 13.9 Å². The molecular formula is C21H21ClN4O3S. The van der Waals surface area contributed by atoms with Crippen LogP contribution in [0.5, 0.6) is 5.75 Å². The molecule has 3 heterocycles. The van der Waals surface area contributed by atoms with Crippen LogP contribution in [0.2, 0.25) is 5.02 Å². The average Bonchev–Trinajstić information content (AvgIpc) is 3.45. The Hall–Kier alpha value is -2.84. The van der Waals surface area contributed by atoms with E-state index in [2.05, 4.69) is 4.98 Å². The molecule has 0 aliphatic rings. The van der Waals surface area contributed by atoms with Gasteiger partial charge >= 0.3 is 0 Å². The summed E-state index contributed by atoms with van der Waals surface area (Å²) in [5.41, 5.74) is 1.19. The molecule has 0 radical (unpaired) electrons. The maximum Gasteiger partial charge on any atom is 0.263 e. The summed E-state index contributed by atoms with van der Waals surface area (Å²) in [7, 11) is 1.59. The number of hydrogen-bond acceptors (Lipinski definition) is 6. The van der Waals surface area contributed by atoms with Crippen molar-refractivity contribution >= 4 is 44.2 Å². The Morgan fingerprint density at radius 3 is 2.87 bits per heavy atom. The quantitative estimate of drug-likeness (QED) is 0.396. The van der Waals surface area contributed by atoms with Crippen LogP contribution in [0.3, 0.4) is 0 Å². The van der Waals surface area contributed by atoms with E-state index < -0.39 is 0 Å². The predicted octanol–water partition coefficient (Wildman–Crippen LogP) is 5.10. The lowest BCUT2D eigenvalue weighted by atomic mass is 10.2. The second-order valence-electron chi connectivity index (χ2n) is 6.86. The first kappa shape index (κ1) is 20.4. The van der Waals surface area contributed by atoms with E-state index in [-0.39, 0.29) is 5.91 Å². The molecular weight excluding hydrogens is 424 g/mol. The molecule has 0 spiro atoms. The number of furan rings is 1. The first-order valence-corrected chi connectivity index (χ1v) is 10.6. The summed E-state index contributed by atoms with van der Waals surface area (Å²) in [6, 6.07) is 5.32. The summed E-state index contributed by atoms with van der Waals surface area (Å²) in [4.78, 5) is 23.9. The number of methoxy groups -OCH3 is 1. The van der Waals surface area contributed by atoms with Crippen molar-refractivity contribution in [1.29, 1.82) is 0 Å². The summed E-state index contributed by atoms with van der Waals surface area (Å²) in [5, 5.41) is 1.15. The number of carbonyl (C=O) groups excluding carboxylic acids is 1. The number of fused-ring (bicyclic) bond motifs is 1. The molecule has 0 saturated heterocycles. The zero-order valence-corrected chi connectivity index (χ0v) is 18.5. The number of benzene rings is 1. The van der Waals surface area contributed by atoms with Crippen molar-refractivity contribution in [3.8, 4) is 5.75 Å². The van der Waals surface area contributed by atoms with E-state index in [4.69, 9.17) is 25.7 Å². The van der Waals surface area contributed by atoms with Crippen LogP contribution >= 0.6 is 22.9 Å². The van der Waals surface area contributed by atoms with Crippen LogP contribution in [-0.4, -0.2) is 34.1 Å². The van der Waals surface area contributed by atoms with Crippen LogP contribution in [0.4, 0.5) is 5.13 Å². The van der Waals surface area contributed by atoms with Gasteiger partial charge in [-0.05, 0) is 38.5 Å². The minimum atomic E-state index is -0.149. The van der Waals surface area contributed by atoms with Gasteiger partial charge < -0.3 is 13.7 Å². The molecule has 1 amide bonds. The second kappa shape index (κ2) is 8.49. The van der Waals surface area contributed by atoms with Crippen molar-refractivity contribution in [2.24, 2.45) is 0 Å². The number of ether oxygens (including phenoxy) is 1. The van der Waals surface area contributed by atoms with E-state index in [1.807, 2.05) is 17.7 Å². The molecule has 4 aromatic rings. The summed E-state index contributed by atoms with van der Waals surface area (Å²) in [6.45, 7) is 4.85. The largest absolute Gasteiger partial charge is 0.494 e. The van der Waals surface area contributed by atoms with Crippen LogP contribution in [-0.2, 0) is 6.54 Å². The number of rotatable bonds is 7. The molecule has 4 rings (SSSR count). The van der Waals surface area contributed by atoms with Crippen LogP contribution in [0.1, 0.15) is 28.3 Å². The molecule has 1 aromatic carbocycles. The number of thiazole rings is 1. The van der Waals surface area contributed by atoms with Crippen molar-refractivity contribution in [2.75, 3.05) is 18.6 Å². The van der Waals surface area contributed by atoms with Gasteiger partial charge in [0.1, 0.15) is 22.8 Å². The number of anilines is 1. The topological polar surface area (TPSA) is 73.4 Å². The van der Waals surface area contributed by atoms with Gasteiger partial charge in [0.05, 0.1) is 28.7 Å². The van der Waals surface area contributed by atoms with Gasteiger partial charge in [0.25, 0.3) is 5.91 Å². The molecule has 30 heavy (non-hydrogen) atoms. The van der Waals surface area contributed by atoms with Crippen molar-refractivity contribution in [3.05, 3.63) is 59.0 Å². The molecule has 0 atom stereocenters. The molecule has 0 unspecified atom stereocenters. The first-order chi connectivity index (χ1) is 14.5. The number of hydrogen-bond donors (Lipinski definition) is 0. The maximum atomic E-state index is 13.4. The number of amides is 1. The lowest BCUT2D eigenvalue weighted by molar-refractivity contribution is 0.0985. The van der Waals surface area contributed by atoms with Crippen LogP contribution in [0.15, 0.2) is 41.3 Å². The summed E-state index contributed by atoms with van der Waals surface area (Å²) in [6.07, 6.45) is 6.14. The lowest BCUT2D eigenvalue weighted by Gasteiger charge is -2.19. The van der Waals surface area contributed by atoms with E-state index in [9.17, 15) is 4.79 Å². The fraction of sp³-hybridized carbons (Fsp3) is 0.286. The molecule has 0 bridgehead atoms. The highest BCUT2D eigenvalue weighted by Crippen LogP contribution is 2.39. The van der Waals surface area contributed by atoms with Crippen molar-refractivity contribution in [3.63, 3.8) is 0 Å². The van der Waals surface area contributed by atoms with Gasteiger partial charge in [-0.25, -0.2) is 9.97 Å². The highest BCUT2D eigenvalue weighted by Gasteiger charge is 2.25. The standard InChI is InChI=1S/C21H21ClN4O3S/c1-13-11-15(14(2)29-13)20(27)26(9-4-8-25-10-7-23-12-25)21-24-18-17(28-3)6-5-16(22)19(18)30-21/h5-7,10-12H,4,8-9H2,1-3H3. The number of nitrogens with zero attached hydrogens (tertiary/aromatic N) is 4. The normalized spacial score (nSPS) is 11.2. The SMILES string of the molecule is COc1ccc(Cl)c2sc(N(CCCn3ccnc3)C(=O)c3cc(C)oc3C)nc12. The van der Waals surface area contributed by atoms with Gasteiger partial charge in [0, 0.05) is 25.5 Å². The van der Waals surface area contributed by atoms with Gasteiger partial charge in [-0.1, -0.05) is 22.9 Å². The van der Waals surface area contributed by atoms with Crippen LogP contribution in [0, 0.1) is 13.8 Å². The average molecular weight is 445 g/mol. The third kappa shape index (κ3) is 3.93. The highest BCUT2D eigenvalue weighted by atomic mass is 35.5. The number of imidazole rings is 1. The van der Waals surface area contributed by atoms with E-state index in [1.54, 1.807) is 49.7 Å². The smallest absolute Gasteiger partial charge is 0.263 e. The highest BCUT2D eigenvalue weighted by molar-refractivity contribution is 7.23. The lowest BCUT2D eigenvalue weighted by Crippen LogP contribution is -2.32. The van der Waals surface area contributed by atoms with E-state index in [0.29, 0.717) is 45.0 Å². The molecule has 0 N–H and O–H groups in total.